The summed E-state index contributed by atoms with van der Waals surface area (Å²) < 4.78 is 7.00. The van der Waals surface area contributed by atoms with E-state index >= 15 is 0 Å². The summed E-state index contributed by atoms with van der Waals surface area (Å²) >= 11 is 3.71. The average Bonchev–Trinajstić information content (AvgIpc) is 2.91. The first-order valence-electron chi connectivity index (χ1n) is 14.7. The zero-order chi connectivity index (χ0) is 30.7. The third-order valence-electron chi connectivity index (χ3n) is 8.87. The number of carbonyl (C=O) groups excluding carboxylic acids is 2. The van der Waals surface area contributed by atoms with Crippen molar-refractivity contribution < 1.29 is 24.2 Å². The minimum absolute atomic E-state index is 0.0248. The molecule has 0 amide bonds. The Labute approximate surface area is 260 Å². The zero-order valence-corrected chi connectivity index (χ0v) is 26.6. The Hall–Kier alpha value is -3.71. The molecular formula is C36H36BrNO5. The predicted molar refractivity (Wildman–Crippen MR) is 170 cm³/mol. The highest BCUT2D eigenvalue weighted by Gasteiger charge is 2.49. The molecule has 3 aliphatic rings. The largest absolute Gasteiger partial charge is 0.488 e. The van der Waals surface area contributed by atoms with Gasteiger partial charge in [-0.3, -0.25) is 14.4 Å². The number of fused-ring (bicyclic) bond motifs is 1. The van der Waals surface area contributed by atoms with E-state index in [1.807, 2.05) is 64.1 Å². The number of rotatable bonds is 6. The third-order valence-corrected chi connectivity index (χ3v) is 9.49. The van der Waals surface area contributed by atoms with Gasteiger partial charge < -0.3 is 14.7 Å². The molecule has 1 N–H and O–H groups in total. The van der Waals surface area contributed by atoms with Crippen molar-refractivity contribution in [3.63, 3.8) is 0 Å². The molecular weight excluding hydrogens is 606 g/mol. The minimum atomic E-state index is -0.987. The summed E-state index contributed by atoms with van der Waals surface area (Å²) in [5, 5.41) is 12.2. The maximum atomic E-state index is 13.9. The van der Waals surface area contributed by atoms with Crippen LogP contribution in [0.15, 0.2) is 87.7 Å². The first-order valence-corrected chi connectivity index (χ1v) is 15.5. The van der Waals surface area contributed by atoms with Gasteiger partial charge in [-0.2, -0.15) is 0 Å². The van der Waals surface area contributed by atoms with Crippen LogP contribution in [0.2, 0.25) is 0 Å². The number of halogens is 1. The zero-order valence-electron chi connectivity index (χ0n) is 25.0. The van der Waals surface area contributed by atoms with Crippen molar-refractivity contribution in [2.75, 3.05) is 6.54 Å². The maximum Gasteiger partial charge on any atom is 0.323 e. The number of carbonyl (C=O) groups is 3. The van der Waals surface area contributed by atoms with Gasteiger partial charge in [0.15, 0.2) is 11.6 Å². The van der Waals surface area contributed by atoms with Crippen molar-refractivity contribution in [1.29, 1.82) is 0 Å². The van der Waals surface area contributed by atoms with E-state index in [1.165, 1.54) is 0 Å². The lowest BCUT2D eigenvalue weighted by Crippen LogP contribution is -2.45. The van der Waals surface area contributed by atoms with Gasteiger partial charge in [0.25, 0.3) is 0 Å². The quantitative estimate of drug-likeness (QED) is 0.294. The number of hydrogen-bond acceptors (Lipinski definition) is 5. The van der Waals surface area contributed by atoms with Crippen LogP contribution in [0, 0.1) is 10.8 Å². The van der Waals surface area contributed by atoms with E-state index in [9.17, 15) is 19.5 Å². The van der Waals surface area contributed by atoms with Gasteiger partial charge in [-0.05, 0) is 73.6 Å². The molecule has 0 saturated heterocycles. The molecule has 0 unspecified atom stereocenters. The number of carboxylic acid groups (broad SMARTS) is 1. The molecule has 0 atom stereocenters. The second-order valence-corrected chi connectivity index (χ2v) is 14.5. The summed E-state index contributed by atoms with van der Waals surface area (Å²) in [6.45, 7) is 8.28. The van der Waals surface area contributed by atoms with Crippen LogP contribution in [0.3, 0.4) is 0 Å². The van der Waals surface area contributed by atoms with Gasteiger partial charge in [0.1, 0.15) is 18.9 Å². The smallest absolute Gasteiger partial charge is 0.323 e. The van der Waals surface area contributed by atoms with Crippen LogP contribution in [-0.2, 0) is 21.0 Å². The van der Waals surface area contributed by atoms with Crippen LogP contribution < -0.4 is 4.74 Å². The van der Waals surface area contributed by atoms with Gasteiger partial charge in [-0.15, -0.1) is 0 Å². The van der Waals surface area contributed by atoms with Crippen molar-refractivity contribution in [3.8, 4) is 5.75 Å². The van der Waals surface area contributed by atoms with E-state index in [2.05, 4.69) is 40.2 Å². The molecule has 7 heteroatoms. The molecule has 0 saturated carbocycles. The highest BCUT2D eigenvalue weighted by molar-refractivity contribution is 9.10. The fourth-order valence-corrected chi connectivity index (χ4v) is 7.61. The molecule has 0 radical (unpaired) electrons. The number of ketones is 2. The van der Waals surface area contributed by atoms with E-state index in [1.54, 1.807) is 4.90 Å². The molecule has 43 heavy (non-hydrogen) atoms. The fourth-order valence-electron chi connectivity index (χ4n) is 7.09. The molecule has 0 bridgehead atoms. The van der Waals surface area contributed by atoms with Gasteiger partial charge >= 0.3 is 5.97 Å². The molecule has 0 spiro atoms. The fraction of sp³-hybridized carbons (Fsp3) is 0.361. The molecule has 3 aromatic carbocycles. The van der Waals surface area contributed by atoms with Crippen LogP contribution in [0.4, 0.5) is 0 Å². The van der Waals surface area contributed by atoms with E-state index in [4.69, 9.17) is 4.74 Å². The molecule has 222 valence electrons. The van der Waals surface area contributed by atoms with Crippen LogP contribution in [0.5, 0.6) is 5.75 Å². The Morgan fingerprint density at radius 2 is 1.49 bits per heavy atom. The van der Waals surface area contributed by atoms with E-state index in [0.29, 0.717) is 49.2 Å². The van der Waals surface area contributed by atoms with Crippen molar-refractivity contribution >= 4 is 44.2 Å². The monoisotopic (exact) mass is 641 g/mol. The second-order valence-electron chi connectivity index (χ2n) is 13.6. The minimum Gasteiger partial charge on any atom is -0.488 e. The van der Waals surface area contributed by atoms with Crippen LogP contribution in [0.1, 0.15) is 70.4 Å². The summed E-state index contributed by atoms with van der Waals surface area (Å²) in [6.07, 6.45) is 1.82. The third kappa shape index (κ3) is 5.55. The highest BCUT2D eigenvalue weighted by Crippen LogP contribution is 2.54. The van der Waals surface area contributed by atoms with Crippen molar-refractivity contribution in [1.82, 2.24) is 4.90 Å². The Morgan fingerprint density at radius 3 is 2.09 bits per heavy atom. The van der Waals surface area contributed by atoms with Crippen molar-refractivity contribution in [2.24, 2.45) is 10.8 Å². The second kappa shape index (κ2) is 10.8. The Bertz CT molecular complexity index is 1690. The number of Topliss-reactive ketones (excluding diaryl/α,β-unsaturated/α-hetero) is 2. The van der Waals surface area contributed by atoms with Gasteiger partial charge in [-0.25, -0.2) is 0 Å². The number of carboxylic acids is 1. The number of ether oxygens (including phenoxy) is 1. The topological polar surface area (TPSA) is 83.9 Å². The number of nitrogens with zero attached hydrogens (tertiary/aromatic N) is 1. The van der Waals surface area contributed by atoms with Crippen LogP contribution in [0.25, 0.3) is 10.8 Å². The molecule has 0 aromatic heterocycles. The molecule has 6 nitrogen and oxygen atoms in total. The maximum absolute atomic E-state index is 13.9. The summed E-state index contributed by atoms with van der Waals surface area (Å²) in [5.74, 6) is -0.924. The summed E-state index contributed by atoms with van der Waals surface area (Å²) in [6, 6.07) is 20.2. The van der Waals surface area contributed by atoms with Crippen molar-refractivity contribution in [2.45, 2.75) is 65.9 Å². The molecule has 2 aliphatic carbocycles. The first kappa shape index (κ1) is 29.4. The Morgan fingerprint density at radius 1 is 0.884 bits per heavy atom. The number of hydrogen-bond donors (Lipinski definition) is 1. The SMILES string of the molecule is CC1(C)CC(=O)C2=C(C1)N(CC(=O)O)C1=C(C(=O)CC(C)(C)C1)C2c1ccc(OCc2cccc3ccccc23)c(Br)c1. The van der Waals surface area contributed by atoms with Gasteiger partial charge in [-0.1, -0.05) is 76.2 Å². The first-order chi connectivity index (χ1) is 20.3. The standard InChI is InChI=1S/C36H36BrNO5/c1-35(2)15-26-33(28(39)17-35)32(34-27(38(26)19-31(41)42)16-36(3,4)18-29(34)40)22-12-13-30(25(37)14-22)43-20-23-10-7-9-21-8-5-6-11-24(21)23/h5-14,32H,15-20H2,1-4H3,(H,41,42). The van der Waals surface area contributed by atoms with Crippen molar-refractivity contribution in [3.05, 3.63) is 98.8 Å². The molecule has 0 fully saturated rings. The predicted octanol–water partition coefficient (Wildman–Crippen LogP) is 7.95. The summed E-state index contributed by atoms with van der Waals surface area (Å²) in [4.78, 5) is 41.6. The van der Waals surface area contributed by atoms with E-state index < -0.39 is 11.9 Å². The lowest BCUT2D eigenvalue weighted by atomic mass is 9.63. The van der Waals surface area contributed by atoms with Crippen LogP contribution in [-0.4, -0.2) is 34.1 Å². The summed E-state index contributed by atoms with van der Waals surface area (Å²) in [5.41, 5.74) is 3.87. The Kier molecular flexibility index (Phi) is 7.36. The molecule has 1 aliphatic heterocycles. The Balaban J connectivity index is 1.42. The van der Waals surface area contributed by atoms with Gasteiger partial charge in [0.2, 0.25) is 0 Å². The molecule has 6 rings (SSSR count). The summed E-state index contributed by atoms with van der Waals surface area (Å²) in [7, 11) is 0. The van der Waals surface area contributed by atoms with Gasteiger partial charge in [0, 0.05) is 41.3 Å². The van der Waals surface area contributed by atoms with E-state index in [-0.39, 0.29) is 28.9 Å². The normalized spacial score (nSPS) is 19.9. The van der Waals surface area contributed by atoms with Crippen LogP contribution >= 0.6 is 15.9 Å². The number of aliphatic carboxylic acids is 1. The van der Waals surface area contributed by atoms with E-state index in [0.717, 1.165) is 37.8 Å². The van der Waals surface area contributed by atoms with Gasteiger partial charge in [0.05, 0.1) is 4.47 Å². The number of benzene rings is 3. The molecule has 1 heterocycles. The molecule has 3 aromatic rings. The average molecular weight is 643 g/mol. The number of allylic oxidation sites excluding steroid dienone is 4. The highest BCUT2D eigenvalue weighted by atomic mass is 79.9. The lowest BCUT2D eigenvalue weighted by Gasteiger charge is -2.48. The lowest BCUT2D eigenvalue weighted by molar-refractivity contribution is -0.138.